The predicted molar refractivity (Wildman–Crippen MR) is 90.7 cm³/mol. The molecule has 0 unspecified atom stereocenters. The van der Waals surface area contributed by atoms with Crippen LogP contribution >= 0.6 is 0 Å². The fraction of sp³-hybridized carbons (Fsp3) is 0.556. The van der Waals surface area contributed by atoms with Crippen LogP contribution in [-0.2, 0) is 13.6 Å². The number of hydrogen-bond donors (Lipinski definition) is 1. The van der Waals surface area contributed by atoms with Crippen molar-refractivity contribution in [2.75, 3.05) is 13.7 Å². The highest BCUT2D eigenvalue weighted by Crippen LogP contribution is 2.27. The van der Waals surface area contributed by atoms with Gasteiger partial charge in [0.05, 0.1) is 6.54 Å². The molecule has 0 bridgehead atoms. The zero-order valence-electron chi connectivity index (χ0n) is 14.0. The van der Waals surface area contributed by atoms with Crippen LogP contribution in [-0.4, -0.2) is 44.5 Å². The van der Waals surface area contributed by atoms with E-state index >= 15 is 0 Å². The molecule has 3 rings (SSSR count). The summed E-state index contributed by atoms with van der Waals surface area (Å²) in [5.74, 6) is 2.41. The van der Waals surface area contributed by atoms with E-state index in [1.807, 2.05) is 25.2 Å². The minimum atomic E-state index is 0.333. The Labute approximate surface area is 138 Å². The van der Waals surface area contributed by atoms with E-state index in [4.69, 9.17) is 0 Å². The van der Waals surface area contributed by atoms with Crippen LogP contribution in [0.3, 0.4) is 0 Å². The second-order valence-electron chi connectivity index (χ2n) is 6.64. The summed E-state index contributed by atoms with van der Waals surface area (Å²) in [6, 6.07) is 10.8. The summed E-state index contributed by atoms with van der Waals surface area (Å²) >= 11 is 0. The van der Waals surface area contributed by atoms with E-state index in [9.17, 15) is 5.11 Å². The molecule has 0 atom stereocenters. The molecule has 0 amide bonds. The van der Waals surface area contributed by atoms with Crippen LogP contribution in [0.1, 0.15) is 31.5 Å². The van der Waals surface area contributed by atoms with Crippen LogP contribution < -0.4 is 0 Å². The number of nitrogens with zero attached hydrogens (tertiary/aromatic N) is 4. The van der Waals surface area contributed by atoms with Crippen LogP contribution in [0.4, 0.5) is 0 Å². The van der Waals surface area contributed by atoms with E-state index in [0.717, 1.165) is 49.4 Å². The molecule has 5 nitrogen and oxygen atoms in total. The van der Waals surface area contributed by atoms with Gasteiger partial charge in [0.1, 0.15) is 5.82 Å². The first-order chi connectivity index (χ1) is 11.2. The van der Waals surface area contributed by atoms with E-state index in [1.165, 1.54) is 0 Å². The monoisotopic (exact) mass is 314 g/mol. The zero-order valence-corrected chi connectivity index (χ0v) is 14.0. The van der Waals surface area contributed by atoms with Crippen molar-refractivity contribution in [1.29, 1.82) is 0 Å². The van der Waals surface area contributed by atoms with Crippen molar-refractivity contribution in [1.82, 2.24) is 19.7 Å². The molecule has 1 heterocycles. The molecule has 1 fully saturated rings. The Morgan fingerprint density at radius 2 is 1.83 bits per heavy atom. The molecule has 0 radical (unpaired) electrons. The fourth-order valence-corrected chi connectivity index (χ4v) is 3.46. The lowest BCUT2D eigenvalue weighted by atomic mass is 9.86. The van der Waals surface area contributed by atoms with Crippen molar-refractivity contribution in [3.8, 4) is 11.4 Å². The maximum Gasteiger partial charge on any atom is 0.163 e. The van der Waals surface area contributed by atoms with Crippen molar-refractivity contribution in [3.63, 3.8) is 0 Å². The zero-order chi connectivity index (χ0) is 16.2. The van der Waals surface area contributed by atoms with Gasteiger partial charge in [-0.1, -0.05) is 30.3 Å². The van der Waals surface area contributed by atoms with Crippen molar-refractivity contribution in [3.05, 3.63) is 36.2 Å². The predicted octanol–water partition coefficient (Wildman–Crippen LogP) is 2.47. The van der Waals surface area contributed by atoms with Gasteiger partial charge in [-0.15, -0.1) is 10.2 Å². The maximum absolute atomic E-state index is 9.26. The summed E-state index contributed by atoms with van der Waals surface area (Å²) in [6.07, 6.45) is 4.56. The van der Waals surface area contributed by atoms with Crippen LogP contribution in [0, 0.1) is 5.92 Å². The molecule has 1 aliphatic rings. The van der Waals surface area contributed by atoms with Gasteiger partial charge in [0.2, 0.25) is 0 Å². The Morgan fingerprint density at radius 3 is 2.48 bits per heavy atom. The van der Waals surface area contributed by atoms with Gasteiger partial charge in [-0.05, 0) is 38.6 Å². The van der Waals surface area contributed by atoms with Gasteiger partial charge in [0.15, 0.2) is 5.82 Å². The average Bonchev–Trinajstić information content (AvgIpc) is 2.96. The Bertz CT molecular complexity index is 617. The molecule has 0 aliphatic heterocycles. The van der Waals surface area contributed by atoms with E-state index in [0.29, 0.717) is 18.6 Å². The van der Waals surface area contributed by atoms with Crippen LogP contribution in [0.25, 0.3) is 11.4 Å². The molecule has 1 saturated carbocycles. The summed E-state index contributed by atoms with van der Waals surface area (Å²) in [6.45, 7) is 1.14. The average molecular weight is 314 g/mol. The Morgan fingerprint density at radius 1 is 1.13 bits per heavy atom. The lowest BCUT2D eigenvalue weighted by Crippen LogP contribution is -2.36. The molecule has 2 aromatic rings. The van der Waals surface area contributed by atoms with E-state index in [2.05, 4.69) is 38.8 Å². The summed E-state index contributed by atoms with van der Waals surface area (Å²) < 4.78 is 2.09. The SMILES string of the molecule is CN(Cc1nnc(-c2ccccc2)n1C)C1CCC(CO)CC1. The normalized spacial score (nSPS) is 21.7. The second kappa shape index (κ2) is 7.23. The molecule has 5 heteroatoms. The number of hydrogen-bond acceptors (Lipinski definition) is 4. The number of benzene rings is 1. The number of rotatable bonds is 5. The number of aromatic nitrogens is 3. The molecule has 1 aromatic heterocycles. The number of aliphatic hydroxyl groups is 1. The third-order valence-corrected chi connectivity index (χ3v) is 5.09. The molecule has 0 saturated heterocycles. The first kappa shape index (κ1) is 16.1. The highest BCUT2D eigenvalue weighted by atomic mass is 16.3. The van der Waals surface area contributed by atoms with Crippen molar-refractivity contribution in [2.45, 2.75) is 38.3 Å². The topological polar surface area (TPSA) is 54.2 Å². The van der Waals surface area contributed by atoms with Gasteiger partial charge in [-0.2, -0.15) is 0 Å². The molecular formula is C18H26N4O. The largest absolute Gasteiger partial charge is 0.396 e. The van der Waals surface area contributed by atoms with Gasteiger partial charge in [0.25, 0.3) is 0 Å². The molecule has 1 aliphatic carbocycles. The number of aliphatic hydroxyl groups excluding tert-OH is 1. The third-order valence-electron chi connectivity index (χ3n) is 5.09. The molecular weight excluding hydrogens is 288 g/mol. The minimum Gasteiger partial charge on any atom is -0.396 e. The lowest BCUT2D eigenvalue weighted by molar-refractivity contribution is 0.122. The van der Waals surface area contributed by atoms with Crippen molar-refractivity contribution >= 4 is 0 Å². The Hall–Kier alpha value is -1.72. The standard InChI is InChI=1S/C18H26N4O/c1-21(16-10-8-14(13-23)9-11-16)12-17-19-20-18(22(17)2)15-6-4-3-5-7-15/h3-7,14,16,23H,8-13H2,1-2H3. The highest BCUT2D eigenvalue weighted by Gasteiger charge is 2.24. The van der Waals surface area contributed by atoms with Crippen molar-refractivity contribution < 1.29 is 5.11 Å². The summed E-state index contributed by atoms with van der Waals surface area (Å²) in [7, 11) is 4.20. The quantitative estimate of drug-likeness (QED) is 0.921. The molecule has 1 aromatic carbocycles. The summed E-state index contributed by atoms with van der Waals surface area (Å²) in [5, 5.41) is 18.0. The molecule has 0 spiro atoms. The van der Waals surface area contributed by atoms with Gasteiger partial charge >= 0.3 is 0 Å². The first-order valence-electron chi connectivity index (χ1n) is 8.43. The van der Waals surface area contributed by atoms with Crippen LogP contribution in [0.5, 0.6) is 0 Å². The Balaban J connectivity index is 1.66. The molecule has 23 heavy (non-hydrogen) atoms. The first-order valence-corrected chi connectivity index (χ1v) is 8.43. The van der Waals surface area contributed by atoms with Gasteiger partial charge < -0.3 is 9.67 Å². The van der Waals surface area contributed by atoms with Crippen molar-refractivity contribution in [2.24, 2.45) is 13.0 Å². The Kier molecular flexibility index (Phi) is 5.08. The smallest absolute Gasteiger partial charge is 0.163 e. The molecule has 124 valence electrons. The van der Waals surface area contributed by atoms with Gasteiger partial charge in [-0.25, -0.2) is 0 Å². The minimum absolute atomic E-state index is 0.333. The maximum atomic E-state index is 9.26. The van der Waals surface area contributed by atoms with E-state index in [1.54, 1.807) is 0 Å². The highest BCUT2D eigenvalue weighted by molar-refractivity contribution is 5.54. The lowest BCUT2D eigenvalue weighted by Gasteiger charge is -2.33. The second-order valence-corrected chi connectivity index (χ2v) is 6.64. The van der Waals surface area contributed by atoms with Gasteiger partial charge in [0, 0.05) is 25.3 Å². The van der Waals surface area contributed by atoms with Crippen LogP contribution in [0.2, 0.25) is 0 Å². The third kappa shape index (κ3) is 3.62. The summed E-state index contributed by atoms with van der Waals surface area (Å²) in [4.78, 5) is 2.38. The summed E-state index contributed by atoms with van der Waals surface area (Å²) in [5.41, 5.74) is 1.10. The van der Waals surface area contributed by atoms with Gasteiger partial charge in [-0.3, -0.25) is 4.90 Å². The van der Waals surface area contributed by atoms with E-state index in [-0.39, 0.29) is 0 Å². The molecule has 1 N–H and O–H groups in total. The fourth-order valence-electron chi connectivity index (χ4n) is 3.46. The van der Waals surface area contributed by atoms with E-state index < -0.39 is 0 Å². The van der Waals surface area contributed by atoms with Crippen LogP contribution in [0.15, 0.2) is 30.3 Å².